The van der Waals surface area contributed by atoms with E-state index in [1.165, 1.54) is 0 Å². The number of rotatable bonds is 6. The van der Waals surface area contributed by atoms with Gasteiger partial charge < -0.3 is 15.4 Å². The van der Waals surface area contributed by atoms with Crippen LogP contribution in [0.2, 0.25) is 0 Å². The van der Waals surface area contributed by atoms with E-state index >= 15 is 0 Å². The first-order chi connectivity index (χ1) is 9.02. The van der Waals surface area contributed by atoms with Gasteiger partial charge in [0, 0.05) is 18.7 Å². The maximum Gasteiger partial charge on any atom is 0.251 e. The maximum absolute atomic E-state index is 11.9. The number of hydrogen-bond donors (Lipinski definition) is 2. The van der Waals surface area contributed by atoms with Gasteiger partial charge in [0.2, 0.25) is 5.91 Å². The van der Waals surface area contributed by atoms with Crippen LogP contribution in [0.5, 0.6) is 0 Å². The van der Waals surface area contributed by atoms with Crippen LogP contribution in [0.3, 0.4) is 0 Å². The van der Waals surface area contributed by atoms with E-state index in [2.05, 4.69) is 10.6 Å². The van der Waals surface area contributed by atoms with Crippen molar-refractivity contribution in [2.45, 2.75) is 26.5 Å². The molecule has 2 amide bonds. The minimum atomic E-state index is -0.267. The average Bonchev–Trinajstić information content (AvgIpc) is 2.36. The lowest BCUT2D eigenvalue weighted by Gasteiger charge is -2.09. The Kier molecular flexibility index (Phi) is 6.02. The normalized spacial score (nSPS) is 10.3. The summed E-state index contributed by atoms with van der Waals surface area (Å²) in [4.78, 5) is 23.3. The number of amides is 2. The first kappa shape index (κ1) is 15.2. The molecule has 0 saturated carbocycles. The van der Waals surface area contributed by atoms with Gasteiger partial charge >= 0.3 is 0 Å². The number of nitrogens with one attached hydrogen (secondary N) is 2. The van der Waals surface area contributed by atoms with E-state index < -0.39 is 0 Å². The van der Waals surface area contributed by atoms with E-state index in [1.54, 1.807) is 25.3 Å². The highest BCUT2D eigenvalue weighted by Gasteiger charge is 2.09. The fraction of sp³-hybridized carbons (Fsp3) is 0.429. The Balaban J connectivity index is 2.53. The van der Waals surface area contributed by atoms with Gasteiger partial charge in [-0.1, -0.05) is 12.1 Å². The molecule has 0 spiro atoms. The van der Waals surface area contributed by atoms with Crippen LogP contribution >= 0.6 is 0 Å². The van der Waals surface area contributed by atoms with Gasteiger partial charge in [0.15, 0.2) is 0 Å². The van der Waals surface area contributed by atoms with Crippen LogP contribution in [0, 0.1) is 0 Å². The minimum Gasteiger partial charge on any atom is -0.380 e. The fourth-order valence-corrected chi connectivity index (χ4v) is 1.60. The summed E-state index contributed by atoms with van der Waals surface area (Å²) < 4.78 is 5.01. The van der Waals surface area contributed by atoms with Crippen molar-refractivity contribution in [2.75, 3.05) is 13.7 Å². The maximum atomic E-state index is 11.9. The molecule has 0 fully saturated rings. The van der Waals surface area contributed by atoms with Gasteiger partial charge in [-0.3, -0.25) is 9.59 Å². The predicted octanol–water partition coefficient (Wildman–Crippen LogP) is 1.09. The highest BCUT2D eigenvalue weighted by molar-refractivity contribution is 5.96. The van der Waals surface area contributed by atoms with Crippen LogP contribution in [0.4, 0.5) is 0 Å². The Morgan fingerprint density at radius 3 is 2.68 bits per heavy atom. The number of ether oxygens (including phenoxy) is 1. The van der Waals surface area contributed by atoms with E-state index in [9.17, 15) is 9.59 Å². The van der Waals surface area contributed by atoms with Crippen molar-refractivity contribution in [1.82, 2.24) is 10.6 Å². The fourth-order valence-electron chi connectivity index (χ4n) is 1.60. The Morgan fingerprint density at radius 2 is 2.05 bits per heavy atom. The molecule has 0 unspecified atom stereocenters. The molecule has 0 aromatic heterocycles. The molecule has 0 saturated heterocycles. The van der Waals surface area contributed by atoms with Gasteiger partial charge in [-0.15, -0.1) is 0 Å². The lowest BCUT2D eigenvalue weighted by atomic mass is 10.1. The van der Waals surface area contributed by atoms with Crippen LogP contribution < -0.4 is 10.6 Å². The van der Waals surface area contributed by atoms with Gasteiger partial charge in [0.1, 0.15) is 0 Å². The van der Waals surface area contributed by atoms with E-state index in [4.69, 9.17) is 4.74 Å². The molecular formula is C14H20N2O3. The highest BCUT2D eigenvalue weighted by atomic mass is 16.5. The summed E-state index contributed by atoms with van der Waals surface area (Å²) in [6.45, 7) is 4.17. The quantitative estimate of drug-likeness (QED) is 0.808. The van der Waals surface area contributed by atoms with Crippen molar-refractivity contribution in [2.24, 2.45) is 0 Å². The lowest BCUT2D eigenvalue weighted by Crippen LogP contribution is -2.39. The summed E-state index contributed by atoms with van der Waals surface area (Å²) in [5, 5.41) is 5.29. The van der Waals surface area contributed by atoms with Crippen LogP contribution in [0.15, 0.2) is 24.3 Å². The summed E-state index contributed by atoms with van der Waals surface area (Å²) >= 11 is 0. The molecule has 104 valence electrons. The Labute approximate surface area is 113 Å². The molecule has 1 rings (SSSR count). The molecule has 1 aromatic rings. The van der Waals surface area contributed by atoms with E-state index in [-0.39, 0.29) is 24.4 Å². The van der Waals surface area contributed by atoms with Crippen LogP contribution in [0.25, 0.3) is 0 Å². The molecule has 19 heavy (non-hydrogen) atoms. The highest BCUT2D eigenvalue weighted by Crippen LogP contribution is 2.06. The van der Waals surface area contributed by atoms with Gasteiger partial charge in [0.05, 0.1) is 13.2 Å². The molecule has 0 aliphatic carbocycles. The average molecular weight is 264 g/mol. The second-order valence-electron chi connectivity index (χ2n) is 4.54. The summed E-state index contributed by atoms with van der Waals surface area (Å²) in [6.07, 6.45) is 0. The largest absolute Gasteiger partial charge is 0.380 e. The first-order valence-corrected chi connectivity index (χ1v) is 6.18. The first-order valence-electron chi connectivity index (χ1n) is 6.18. The Morgan fingerprint density at radius 1 is 1.32 bits per heavy atom. The third kappa shape index (κ3) is 5.52. The van der Waals surface area contributed by atoms with Crippen LogP contribution in [-0.4, -0.2) is 31.5 Å². The van der Waals surface area contributed by atoms with Gasteiger partial charge in [0.25, 0.3) is 5.91 Å². The molecule has 0 bridgehead atoms. The zero-order valence-corrected chi connectivity index (χ0v) is 11.5. The molecule has 0 aliphatic heterocycles. The summed E-state index contributed by atoms with van der Waals surface area (Å²) in [6, 6.07) is 7.19. The number of hydrogen-bond acceptors (Lipinski definition) is 3. The number of benzene rings is 1. The lowest BCUT2D eigenvalue weighted by molar-refractivity contribution is -0.120. The zero-order chi connectivity index (χ0) is 14.3. The molecule has 0 radical (unpaired) electrons. The van der Waals surface area contributed by atoms with E-state index in [1.807, 2.05) is 19.9 Å². The SMILES string of the molecule is COCc1cccc(C(=O)NCC(=O)NC(C)C)c1. The smallest absolute Gasteiger partial charge is 0.251 e. The van der Waals surface area contributed by atoms with Gasteiger partial charge in [-0.05, 0) is 31.5 Å². The van der Waals surface area contributed by atoms with Crippen LogP contribution in [0.1, 0.15) is 29.8 Å². The monoisotopic (exact) mass is 264 g/mol. The standard InChI is InChI=1S/C14H20N2O3/c1-10(2)16-13(17)8-15-14(18)12-6-4-5-11(7-12)9-19-3/h4-7,10H,8-9H2,1-3H3,(H,15,18)(H,16,17). The third-order valence-corrected chi connectivity index (χ3v) is 2.36. The van der Waals surface area contributed by atoms with Crippen molar-refractivity contribution in [3.05, 3.63) is 35.4 Å². The minimum absolute atomic E-state index is 0.0223. The Bertz CT molecular complexity index is 444. The van der Waals surface area contributed by atoms with Crippen molar-refractivity contribution in [3.63, 3.8) is 0 Å². The van der Waals surface area contributed by atoms with Gasteiger partial charge in [-0.25, -0.2) is 0 Å². The molecule has 0 aliphatic rings. The van der Waals surface area contributed by atoms with Crippen molar-refractivity contribution >= 4 is 11.8 Å². The third-order valence-electron chi connectivity index (χ3n) is 2.36. The van der Waals surface area contributed by atoms with E-state index in [0.717, 1.165) is 5.56 Å². The topological polar surface area (TPSA) is 67.4 Å². The molecule has 0 atom stereocenters. The van der Waals surface area contributed by atoms with Crippen LogP contribution in [-0.2, 0) is 16.1 Å². The van der Waals surface area contributed by atoms with Crippen molar-refractivity contribution in [1.29, 1.82) is 0 Å². The summed E-state index contributed by atoms with van der Waals surface area (Å²) in [5.41, 5.74) is 1.44. The number of carbonyl (C=O) groups is 2. The molecular weight excluding hydrogens is 244 g/mol. The Hall–Kier alpha value is -1.88. The summed E-state index contributed by atoms with van der Waals surface area (Å²) in [5.74, 6) is -0.465. The second kappa shape index (κ2) is 7.53. The number of carbonyl (C=O) groups excluding carboxylic acids is 2. The van der Waals surface area contributed by atoms with Crippen molar-refractivity contribution < 1.29 is 14.3 Å². The number of methoxy groups -OCH3 is 1. The molecule has 5 heteroatoms. The molecule has 5 nitrogen and oxygen atoms in total. The molecule has 2 N–H and O–H groups in total. The summed E-state index contributed by atoms with van der Waals surface area (Å²) in [7, 11) is 1.60. The molecule has 1 aromatic carbocycles. The zero-order valence-electron chi connectivity index (χ0n) is 11.5. The van der Waals surface area contributed by atoms with Gasteiger partial charge in [-0.2, -0.15) is 0 Å². The second-order valence-corrected chi connectivity index (χ2v) is 4.54. The van der Waals surface area contributed by atoms with Crippen molar-refractivity contribution in [3.8, 4) is 0 Å². The molecule has 0 heterocycles. The van der Waals surface area contributed by atoms with E-state index in [0.29, 0.717) is 12.2 Å². The predicted molar refractivity (Wildman–Crippen MR) is 72.8 cm³/mol.